The second-order valence-corrected chi connectivity index (χ2v) is 7.70. The Kier molecular flexibility index (Phi) is 3.22. The van der Waals surface area contributed by atoms with Gasteiger partial charge in [0.1, 0.15) is 0 Å². The highest BCUT2D eigenvalue weighted by molar-refractivity contribution is 6.25. The molecule has 5 nitrogen and oxygen atoms in total. The Morgan fingerprint density at radius 2 is 1.73 bits per heavy atom. The molecule has 0 N–H and O–H groups in total. The van der Waals surface area contributed by atoms with Gasteiger partial charge in [-0.3, -0.25) is 9.59 Å². The number of amides is 2. The molecule has 1 saturated carbocycles. The number of nitriles is 1. The van der Waals surface area contributed by atoms with Crippen LogP contribution in [0.5, 0.6) is 0 Å². The number of piperidine rings is 2. The van der Waals surface area contributed by atoms with Crippen LogP contribution in [0.15, 0.2) is 36.4 Å². The molecule has 26 heavy (non-hydrogen) atoms. The minimum absolute atomic E-state index is 0.0577. The molecule has 1 aliphatic carbocycles. The molecule has 0 spiro atoms. The minimum atomic E-state index is -0.227. The predicted molar refractivity (Wildman–Crippen MR) is 97.3 cm³/mol. The molecule has 2 bridgehead atoms. The summed E-state index contributed by atoms with van der Waals surface area (Å²) in [6.45, 7) is 0.896. The molecule has 6 rings (SSSR count). The van der Waals surface area contributed by atoms with Crippen LogP contribution in [0.1, 0.15) is 18.4 Å². The molecule has 3 heterocycles. The smallest absolute Gasteiger partial charge is 0.239 e. The number of hydrogen-bond acceptors (Lipinski definition) is 4. The fourth-order valence-corrected chi connectivity index (χ4v) is 5.37. The first-order chi connectivity index (χ1) is 12.6. The van der Waals surface area contributed by atoms with Crippen LogP contribution in [0.4, 0.5) is 5.69 Å². The molecule has 4 fully saturated rings. The lowest BCUT2D eigenvalue weighted by molar-refractivity contribution is -0.132. The normalized spacial score (nSPS) is 30.7. The Balaban J connectivity index is 1.66. The van der Waals surface area contributed by atoms with E-state index in [1.165, 1.54) is 4.90 Å². The molecule has 4 aliphatic rings. The standard InChI is InChI=1S/C21H19N3O2/c1-23-11-13-7-9-17(23)19-18(13)20(25)24(21(19)26)16-8-6-12(10-22)14-4-2-3-5-15(14)16/h2-6,8,13,17-19H,7,9,11H2,1H3/t13-,17-,18+,19-/m0/s1. The van der Waals surface area contributed by atoms with E-state index in [1.54, 1.807) is 12.1 Å². The number of rotatable bonds is 1. The highest BCUT2D eigenvalue weighted by atomic mass is 16.2. The summed E-state index contributed by atoms with van der Waals surface area (Å²) in [5.74, 6) is -0.281. The number of hydrogen-bond donors (Lipinski definition) is 0. The number of imide groups is 1. The molecule has 0 unspecified atom stereocenters. The average molecular weight is 345 g/mol. The first-order valence-corrected chi connectivity index (χ1v) is 9.11. The third kappa shape index (κ3) is 1.88. The van der Waals surface area contributed by atoms with Gasteiger partial charge in [0.15, 0.2) is 0 Å². The van der Waals surface area contributed by atoms with Gasteiger partial charge in [-0.25, -0.2) is 4.90 Å². The van der Waals surface area contributed by atoms with E-state index in [2.05, 4.69) is 18.0 Å². The number of benzene rings is 2. The van der Waals surface area contributed by atoms with Crippen LogP contribution in [0.2, 0.25) is 0 Å². The lowest BCUT2D eigenvalue weighted by Crippen LogP contribution is -2.56. The van der Waals surface area contributed by atoms with Gasteiger partial charge < -0.3 is 4.90 Å². The topological polar surface area (TPSA) is 64.4 Å². The molecule has 0 aromatic heterocycles. The van der Waals surface area contributed by atoms with Gasteiger partial charge in [0.2, 0.25) is 11.8 Å². The van der Waals surface area contributed by atoms with Crippen molar-refractivity contribution in [3.05, 3.63) is 42.0 Å². The fraction of sp³-hybridized carbons (Fsp3) is 0.381. The van der Waals surface area contributed by atoms with Crippen molar-refractivity contribution >= 4 is 28.3 Å². The van der Waals surface area contributed by atoms with Crippen molar-refractivity contribution in [1.82, 2.24) is 4.90 Å². The summed E-state index contributed by atoms with van der Waals surface area (Å²) in [5, 5.41) is 10.9. The SMILES string of the molecule is CN1C[C@@H]2CC[C@H]1[C@@H]1C(=O)N(c3ccc(C#N)c4ccccc34)C(=O)[C@H]21. The fourth-order valence-electron chi connectivity index (χ4n) is 5.37. The average Bonchev–Trinajstić information content (AvgIpc) is 2.94. The second-order valence-electron chi connectivity index (χ2n) is 7.70. The van der Waals surface area contributed by atoms with E-state index in [0.717, 1.165) is 30.2 Å². The molecule has 0 radical (unpaired) electrons. The third-order valence-corrected chi connectivity index (χ3v) is 6.50. The summed E-state index contributed by atoms with van der Waals surface area (Å²) in [4.78, 5) is 30.2. The van der Waals surface area contributed by atoms with Gasteiger partial charge >= 0.3 is 0 Å². The molecule has 2 amide bonds. The van der Waals surface area contributed by atoms with E-state index in [-0.39, 0.29) is 35.6 Å². The summed E-state index contributed by atoms with van der Waals surface area (Å²) < 4.78 is 0. The Bertz CT molecular complexity index is 992. The zero-order chi connectivity index (χ0) is 18.0. The van der Waals surface area contributed by atoms with Crippen molar-refractivity contribution in [3.8, 4) is 6.07 Å². The largest absolute Gasteiger partial charge is 0.302 e. The van der Waals surface area contributed by atoms with E-state index in [0.29, 0.717) is 11.3 Å². The summed E-state index contributed by atoms with van der Waals surface area (Å²) in [7, 11) is 2.06. The summed E-state index contributed by atoms with van der Waals surface area (Å²) in [5.41, 5.74) is 1.17. The lowest BCUT2D eigenvalue weighted by atomic mass is 9.66. The van der Waals surface area contributed by atoms with Crippen LogP contribution < -0.4 is 4.90 Å². The number of carbonyl (C=O) groups is 2. The van der Waals surface area contributed by atoms with Crippen LogP contribution in [-0.2, 0) is 9.59 Å². The molecular weight excluding hydrogens is 326 g/mol. The molecule has 3 saturated heterocycles. The van der Waals surface area contributed by atoms with Crippen molar-refractivity contribution < 1.29 is 9.59 Å². The number of nitrogens with zero attached hydrogens (tertiary/aromatic N) is 3. The predicted octanol–water partition coefficient (Wildman–Crippen LogP) is 2.54. The monoisotopic (exact) mass is 345 g/mol. The van der Waals surface area contributed by atoms with Gasteiger partial charge in [0, 0.05) is 23.4 Å². The lowest BCUT2D eigenvalue weighted by Gasteiger charge is -2.48. The molecule has 3 aliphatic heterocycles. The van der Waals surface area contributed by atoms with Crippen LogP contribution in [0.3, 0.4) is 0 Å². The zero-order valence-electron chi connectivity index (χ0n) is 14.6. The third-order valence-electron chi connectivity index (χ3n) is 6.50. The highest BCUT2D eigenvalue weighted by Crippen LogP contribution is 2.49. The molecule has 130 valence electrons. The summed E-state index contributed by atoms with van der Waals surface area (Å²) in [6.07, 6.45) is 2.01. The molecule has 2 aromatic rings. The Labute approximate surface area is 151 Å². The van der Waals surface area contributed by atoms with Crippen LogP contribution >= 0.6 is 0 Å². The van der Waals surface area contributed by atoms with Gasteiger partial charge in [-0.15, -0.1) is 0 Å². The summed E-state index contributed by atoms with van der Waals surface area (Å²) >= 11 is 0. The van der Waals surface area contributed by atoms with Crippen molar-refractivity contribution in [3.63, 3.8) is 0 Å². The number of fused-ring (bicyclic) bond motifs is 3. The van der Waals surface area contributed by atoms with Crippen LogP contribution in [0.25, 0.3) is 10.8 Å². The van der Waals surface area contributed by atoms with Gasteiger partial charge in [-0.05, 0) is 37.9 Å². The van der Waals surface area contributed by atoms with Crippen molar-refractivity contribution in [1.29, 1.82) is 5.26 Å². The van der Waals surface area contributed by atoms with Crippen molar-refractivity contribution in [2.75, 3.05) is 18.5 Å². The molecular formula is C21H19N3O2. The Hall–Kier alpha value is -2.71. The van der Waals surface area contributed by atoms with Crippen molar-refractivity contribution in [2.24, 2.45) is 17.8 Å². The Morgan fingerprint density at radius 1 is 1.00 bits per heavy atom. The molecule has 2 aromatic carbocycles. The first-order valence-electron chi connectivity index (χ1n) is 9.11. The maximum Gasteiger partial charge on any atom is 0.239 e. The van der Waals surface area contributed by atoms with E-state index in [9.17, 15) is 14.9 Å². The van der Waals surface area contributed by atoms with Gasteiger partial charge in [0.05, 0.1) is 29.2 Å². The highest BCUT2D eigenvalue weighted by Gasteiger charge is 2.60. The van der Waals surface area contributed by atoms with Crippen LogP contribution in [0, 0.1) is 29.1 Å². The van der Waals surface area contributed by atoms with Gasteiger partial charge in [-0.1, -0.05) is 24.3 Å². The van der Waals surface area contributed by atoms with E-state index >= 15 is 0 Å². The van der Waals surface area contributed by atoms with Gasteiger partial charge in [-0.2, -0.15) is 5.26 Å². The van der Waals surface area contributed by atoms with E-state index < -0.39 is 0 Å². The first kappa shape index (κ1) is 15.5. The zero-order valence-corrected chi connectivity index (χ0v) is 14.6. The van der Waals surface area contributed by atoms with Crippen LogP contribution in [-0.4, -0.2) is 36.3 Å². The maximum atomic E-state index is 13.3. The number of anilines is 1. The van der Waals surface area contributed by atoms with Crippen molar-refractivity contribution in [2.45, 2.75) is 18.9 Å². The quantitative estimate of drug-likeness (QED) is 0.745. The Morgan fingerprint density at radius 3 is 2.46 bits per heavy atom. The maximum absolute atomic E-state index is 13.3. The molecule has 5 heteroatoms. The second kappa shape index (κ2) is 5.39. The van der Waals surface area contributed by atoms with E-state index in [1.807, 2.05) is 24.3 Å². The number of carbonyl (C=O) groups excluding carboxylic acids is 2. The van der Waals surface area contributed by atoms with Gasteiger partial charge in [0.25, 0.3) is 0 Å². The minimum Gasteiger partial charge on any atom is -0.302 e. The summed E-state index contributed by atoms with van der Waals surface area (Å²) in [6, 6.07) is 13.3. The molecule has 4 atom stereocenters. The van der Waals surface area contributed by atoms with E-state index in [4.69, 9.17) is 0 Å².